The Labute approximate surface area is 104 Å². The van der Waals surface area contributed by atoms with Crippen LogP contribution in [0.2, 0.25) is 0 Å². The first-order valence-electron chi connectivity index (χ1n) is 6.07. The molecule has 2 atom stereocenters. The molecule has 1 fully saturated rings. The van der Waals surface area contributed by atoms with Crippen LogP contribution in [0.25, 0.3) is 0 Å². The molecule has 0 bridgehead atoms. The van der Waals surface area contributed by atoms with E-state index in [0.29, 0.717) is 0 Å². The van der Waals surface area contributed by atoms with Crippen molar-refractivity contribution >= 4 is 11.6 Å². The predicted molar refractivity (Wildman–Crippen MR) is 64.9 cm³/mol. The summed E-state index contributed by atoms with van der Waals surface area (Å²) in [6.07, 6.45) is 3.12. The van der Waals surface area contributed by atoms with Gasteiger partial charge in [-0.15, -0.1) is 0 Å². The average Bonchev–Trinajstić information content (AvgIpc) is 2.71. The van der Waals surface area contributed by atoms with Crippen molar-refractivity contribution in [1.82, 2.24) is 0 Å². The molecular weight excluding hydrogens is 238 g/mol. The monoisotopic (exact) mass is 254 g/mol. The second-order valence-corrected chi connectivity index (χ2v) is 4.71. The summed E-state index contributed by atoms with van der Waals surface area (Å²) in [7, 11) is 0. The van der Waals surface area contributed by atoms with Gasteiger partial charge >= 0.3 is 0 Å². The van der Waals surface area contributed by atoms with Crippen LogP contribution in [0.1, 0.15) is 25.7 Å². The molecule has 0 saturated heterocycles. The summed E-state index contributed by atoms with van der Waals surface area (Å²) in [4.78, 5) is 11.7. The number of halogens is 2. The molecule has 3 N–H and O–H groups in total. The maximum Gasteiger partial charge on any atom is 0.224 e. The van der Waals surface area contributed by atoms with E-state index < -0.39 is 11.6 Å². The highest BCUT2D eigenvalue weighted by molar-refractivity contribution is 5.91. The Kier molecular flexibility index (Phi) is 3.91. The van der Waals surface area contributed by atoms with Crippen LogP contribution in [0, 0.1) is 17.6 Å². The second kappa shape index (κ2) is 5.44. The smallest absolute Gasteiger partial charge is 0.224 e. The van der Waals surface area contributed by atoms with E-state index in [1.165, 1.54) is 12.1 Å². The summed E-state index contributed by atoms with van der Waals surface area (Å²) in [5.41, 5.74) is 5.74. The van der Waals surface area contributed by atoms with Crippen molar-refractivity contribution in [2.75, 3.05) is 5.32 Å². The fraction of sp³-hybridized carbons (Fsp3) is 0.462. The van der Waals surface area contributed by atoms with Crippen LogP contribution in [-0.4, -0.2) is 11.9 Å². The molecule has 98 valence electrons. The number of nitrogens with two attached hydrogens (primary N) is 1. The van der Waals surface area contributed by atoms with E-state index in [0.717, 1.165) is 25.3 Å². The van der Waals surface area contributed by atoms with Crippen molar-refractivity contribution in [2.24, 2.45) is 11.7 Å². The lowest BCUT2D eigenvalue weighted by molar-refractivity contribution is -0.117. The van der Waals surface area contributed by atoms with Crippen LogP contribution in [0.3, 0.4) is 0 Å². The summed E-state index contributed by atoms with van der Waals surface area (Å²) in [5.74, 6) is -2.17. The molecule has 0 heterocycles. The topological polar surface area (TPSA) is 55.1 Å². The van der Waals surface area contributed by atoms with Crippen LogP contribution in [0.15, 0.2) is 18.2 Å². The van der Waals surface area contributed by atoms with Gasteiger partial charge in [0.2, 0.25) is 5.91 Å². The third-order valence-electron chi connectivity index (χ3n) is 3.39. The molecule has 0 radical (unpaired) electrons. The SMILES string of the molecule is N[C@@H]1CCC[C@H]1CC(=O)Nc1cccc(F)c1F. The highest BCUT2D eigenvalue weighted by Crippen LogP contribution is 2.27. The van der Waals surface area contributed by atoms with Crippen LogP contribution < -0.4 is 11.1 Å². The highest BCUT2D eigenvalue weighted by atomic mass is 19.2. The third kappa shape index (κ3) is 2.85. The van der Waals surface area contributed by atoms with Crippen LogP contribution in [0.5, 0.6) is 0 Å². The van der Waals surface area contributed by atoms with Crippen molar-refractivity contribution < 1.29 is 13.6 Å². The van der Waals surface area contributed by atoms with Gasteiger partial charge < -0.3 is 11.1 Å². The van der Waals surface area contributed by atoms with Gasteiger partial charge in [-0.2, -0.15) is 0 Å². The number of nitrogens with one attached hydrogen (secondary N) is 1. The van der Waals surface area contributed by atoms with Crippen LogP contribution >= 0.6 is 0 Å². The standard InChI is InChI=1S/C13H16F2N2O/c14-9-4-2-6-11(13(9)15)17-12(18)7-8-3-1-5-10(8)16/h2,4,6,8,10H,1,3,5,7,16H2,(H,17,18)/t8-,10+/m0/s1. The van der Waals surface area contributed by atoms with Crippen LogP contribution in [0.4, 0.5) is 14.5 Å². The molecule has 0 spiro atoms. The summed E-state index contributed by atoms with van der Waals surface area (Å²) < 4.78 is 26.3. The molecule has 1 amide bonds. The normalized spacial score (nSPS) is 23.1. The number of hydrogen-bond acceptors (Lipinski definition) is 2. The fourth-order valence-electron chi connectivity index (χ4n) is 2.36. The van der Waals surface area contributed by atoms with Crippen LogP contribution in [-0.2, 0) is 4.79 Å². The minimum absolute atomic E-state index is 0.0353. The first-order valence-corrected chi connectivity index (χ1v) is 6.07. The first kappa shape index (κ1) is 13.0. The van der Waals surface area contributed by atoms with E-state index in [-0.39, 0.29) is 30.0 Å². The number of rotatable bonds is 3. The Morgan fingerprint density at radius 3 is 2.83 bits per heavy atom. The zero-order valence-corrected chi connectivity index (χ0v) is 9.96. The van der Waals surface area contributed by atoms with Gasteiger partial charge in [0.15, 0.2) is 11.6 Å². The third-order valence-corrected chi connectivity index (χ3v) is 3.39. The second-order valence-electron chi connectivity index (χ2n) is 4.71. The van der Waals surface area contributed by atoms with E-state index in [2.05, 4.69) is 5.32 Å². The molecule has 2 rings (SSSR count). The Bertz CT molecular complexity index is 451. The number of amides is 1. The molecule has 1 aromatic rings. The van der Waals surface area contributed by atoms with Crippen molar-refractivity contribution in [3.05, 3.63) is 29.8 Å². The average molecular weight is 254 g/mol. The molecular formula is C13H16F2N2O. The number of benzene rings is 1. The van der Waals surface area contributed by atoms with Crippen molar-refractivity contribution in [3.63, 3.8) is 0 Å². The molecule has 5 heteroatoms. The lowest BCUT2D eigenvalue weighted by Crippen LogP contribution is -2.28. The largest absolute Gasteiger partial charge is 0.327 e. The van der Waals surface area contributed by atoms with Crippen molar-refractivity contribution in [3.8, 4) is 0 Å². The van der Waals surface area contributed by atoms with Gasteiger partial charge in [-0.1, -0.05) is 12.5 Å². The Morgan fingerprint density at radius 1 is 1.39 bits per heavy atom. The van der Waals surface area contributed by atoms with Gasteiger partial charge in [0.1, 0.15) is 0 Å². The quantitative estimate of drug-likeness (QED) is 0.870. The van der Waals surface area contributed by atoms with Gasteiger partial charge in [0.05, 0.1) is 5.69 Å². The molecule has 1 aromatic carbocycles. The van der Waals surface area contributed by atoms with Crippen molar-refractivity contribution in [2.45, 2.75) is 31.7 Å². The predicted octanol–water partition coefficient (Wildman–Crippen LogP) is 2.42. The zero-order valence-electron chi connectivity index (χ0n) is 9.96. The van der Waals surface area contributed by atoms with E-state index in [1.54, 1.807) is 0 Å². The van der Waals surface area contributed by atoms with Crippen molar-refractivity contribution in [1.29, 1.82) is 0 Å². The molecule has 0 aliphatic heterocycles. The first-order chi connectivity index (χ1) is 8.58. The van der Waals surface area contributed by atoms with E-state index in [1.807, 2.05) is 0 Å². The van der Waals surface area contributed by atoms with E-state index in [9.17, 15) is 13.6 Å². The number of hydrogen-bond donors (Lipinski definition) is 2. The number of carbonyl (C=O) groups excluding carboxylic acids is 1. The van der Waals surface area contributed by atoms with Gasteiger partial charge in [-0.05, 0) is 30.9 Å². The minimum atomic E-state index is -1.03. The lowest BCUT2D eigenvalue weighted by Gasteiger charge is -2.15. The molecule has 1 aliphatic rings. The van der Waals surface area contributed by atoms with Gasteiger partial charge in [0, 0.05) is 12.5 Å². The Balaban J connectivity index is 1.97. The number of anilines is 1. The van der Waals surface area contributed by atoms with E-state index >= 15 is 0 Å². The van der Waals surface area contributed by atoms with Gasteiger partial charge in [-0.3, -0.25) is 4.79 Å². The highest BCUT2D eigenvalue weighted by Gasteiger charge is 2.26. The number of carbonyl (C=O) groups is 1. The van der Waals surface area contributed by atoms with Gasteiger partial charge in [0.25, 0.3) is 0 Å². The Morgan fingerprint density at radius 2 is 2.17 bits per heavy atom. The molecule has 0 aromatic heterocycles. The molecule has 1 saturated carbocycles. The lowest BCUT2D eigenvalue weighted by atomic mass is 10.00. The summed E-state index contributed by atoms with van der Waals surface area (Å²) in [5, 5.41) is 2.39. The maximum atomic E-state index is 13.3. The minimum Gasteiger partial charge on any atom is -0.327 e. The summed E-state index contributed by atoms with van der Waals surface area (Å²) in [6, 6.07) is 3.74. The molecule has 1 aliphatic carbocycles. The zero-order chi connectivity index (χ0) is 13.1. The van der Waals surface area contributed by atoms with E-state index in [4.69, 9.17) is 5.73 Å². The molecule has 0 unspecified atom stereocenters. The molecule has 18 heavy (non-hydrogen) atoms. The summed E-state index contributed by atoms with van der Waals surface area (Å²) >= 11 is 0. The Hall–Kier alpha value is -1.49. The maximum absolute atomic E-state index is 13.3. The summed E-state index contributed by atoms with van der Waals surface area (Å²) in [6.45, 7) is 0. The molecule has 3 nitrogen and oxygen atoms in total. The fourth-order valence-corrected chi connectivity index (χ4v) is 2.36. The van der Waals surface area contributed by atoms with Gasteiger partial charge in [-0.25, -0.2) is 8.78 Å².